The number of allylic oxidation sites excluding steroid dienone is 1. The number of ether oxygens (including phenoxy) is 2. The number of fused-ring (bicyclic) bond motifs is 2. The fourth-order valence-corrected chi connectivity index (χ4v) is 6.98. The molecule has 2 aromatic heterocycles. The number of nitrogens with zero attached hydrogens (tertiary/aromatic N) is 3. The molecule has 0 bridgehead atoms. The van der Waals surface area contributed by atoms with Gasteiger partial charge in [0.1, 0.15) is 11.8 Å². The highest BCUT2D eigenvalue weighted by molar-refractivity contribution is 7.07. The molecule has 5 aromatic rings. The van der Waals surface area contributed by atoms with Crippen LogP contribution in [0.5, 0.6) is 5.75 Å². The molecule has 6 rings (SSSR count). The maximum atomic E-state index is 14.3. The first kappa shape index (κ1) is 29.7. The van der Waals surface area contributed by atoms with Crippen LogP contribution in [0.25, 0.3) is 17.0 Å². The third-order valence-electron chi connectivity index (χ3n) is 7.84. The number of carbonyl (C=O) groups excluding carboxylic acids is 1. The fourth-order valence-electron chi connectivity index (χ4n) is 5.83. The predicted molar refractivity (Wildman–Crippen MR) is 175 cm³/mol. The molecule has 7 nitrogen and oxygen atoms in total. The molecule has 9 heteroatoms. The Morgan fingerprint density at radius 1 is 1.00 bits per heavy atom. The Morgan fingerprint density at radius 2 is 1.73 bits per heavy atom. The number of halogens is 1. The van der Waals surface area contributed by atoms with Crippen LogP contribution in [0, 0.1) is 6.92 Å². The van der Waals surface area contributed by atoms with E-state index in [0.717, 1.165) is 27.7 Å². The van der Waals surface area contributed by atoms with E-state index in [-0.39, 0.29) is 12.2 Å². The highest BCUT2D eigenvalue weighted by Gasteiger charge is 2.35. The molecule has 3 heterocycles. The zero-order valence-corrected chi connectivity index (χ0v) is 26.5. The topological polar surface area (TPSA) is 74.8 Å². The van der Waals surface area contributed by atoms with Crippen molar-refractivity contribution >= 4 is 45.9 Å². The van der Waals surface area contributed by atoms with E-state index in [2.05, 4.69) is 23.6 Å². The van der Waals surface area contributed by atoms with Gasteiger partial charge in [0.25, 0.3) is 5.56 Å². The Bertz CT molecular complexity index is 2100. The summed E-state index contributed by atoms with van der Waals surface area (Å²) in [7, 11) is 0. The highest BCUT2D eigenvalue weighted by atomic mass is 35.5. The van der Waals surface area contributed by atoms with E-state index < -0.39 is 12.0 Å². The van der Waals surface area contributed by atoms with Gasteiger partial charge in [0.15, 0.2) is 4.80 Å². The van der Waals surface area contributed by atoms with E-state index in [0.29, 0.717) is 50.1 Å². The Morgan fingerprint density at radius 3 is 2.48 bits per heavy atom. The molecular formula is C35H32ClN3O4S. The average Bonchev–Trinajstić information content (AvgIpc) is 3.46. The van der Waals surface area contributed by atoms with Gasteiger partial charge < -0.3 is 14.0 Å². The van der Waals surface area contributed by atoms with Crippen LogP contribution in [0.1, 0.15) is 49.2 Å². The maximum Gasteiger partial charge on any atom is 0.338 e. The van der Waals surface area contributed by atoms with Crippen LogP contribution in [-0.4, -0.2) is 28.3 Å². The van der Waals surface area contributed by atoms with Gasteiger partial charge in [-0.15, -0.1) is 0 Å². The Hall–Kier alpha value is -4.40. The molecule has 0 aliphatic carbocycles. The largest absolute Gasteiger partial charge is 0.494 e. The van der Waals surface area contributed by atoms with Crippen molar-refractivity contribution in [1.82, 2.24) is 9.13 Å². The molecule has 0 amide bonds. The van der Waals surface area contributed by atoms with Crippen molar-refractivity contribution in [3.8, 4) is 5.75 Å². The van der Waals surface area contributed by atoms with Gasteiger partial charge in [-0.25, -0.2) is 9.79 Å². The van der Waals surface area contributed by atoms with Gasteiger partial charge in [-0.1, -0.05) is 71.5 Å². The minimum Gasteiger partial charge on any atom is -0.494 e. The molecule has 0 N–H and O–H groups in total. The second kappa shape index (κ2) is 12.3. The summed E-state index contributed by atoms with van der Waals surface area (Å²) >= 11 is 7.45. The van der Waals surface area contributed by atoms with Crippen LogP contribution in [0.4, 0.5) is 0 Å². The molecule has 0 radical (unpaired) electrons. The number of carbonyl (C=O) groups is 1. The lowest BCUT2D eigenvalue weighted by Crippen LogP contribution is -2.40. The SMILES string of the molecule is CCOC(=O)C1=C(C)N=c2s/c(=C\c3c(C)n(Cc4ccc(Cl)cc4)c4ccccc34)c(=O)n2[C@@H]1c1ccccc1OCC. The number of aromatic nitrogens is 2. The van der Waals surface area contributed by atoms with E-state index in [1.54, 1.807) is 18.4 Å². The zero-order chi connectivity index (χ0) is 31.0. The number of rotatable bonds is 8. The summed E-state index contributed by atoms with van der Waals surface area (Å²) in [6.07, 6.45) is 1.95. The van der Waals surface area contributed by atoms with Gasteiger partial charge >= 0.3 is 5.97 Å². The monoisotopic (exact) mass is 625 g/mol. The summed E-state index contributed by atoms with van der Waals surface area (Å²) in [5, 5.41) is 1.74. The average molecular weight is 626 g/mol. The number of para-hydroxylation sites is 2. The summed E-state index contributed by atoms with van der Waals surface area (Å²) in [5.74, 6) is 0.104. The van der Waals surface area contributed by atoms with Gasteiger partial charge in [-0.05, 0) is 63.6 Å². The molecule has 0 fully saturated rings. The van der Waals surface area contributed by atoms with Crippen molar-refractivity contribution in [3.63, 3.8) is 0 Å². The van der Waals surface area contributed by atoms with Crippen LogP contribution in [0.2, 0.25) is 5.02 Å². The van der Waals surface area contributed by atoms with Crippen LogP contribution in [0.3, 0.4) is 0 Å². The lowest BCUT2D eigenvalue weighted by Gasteiger charge is -2.26. The van der Waals surface area contributed by atoms with Gasteiger partial charge in [-0.2, -0.15) is 0 Å². The van der Waals surface area contributed by atoms with E-state index in [9.17, 15) is 9.59 Å². The van der Waals surface area contributed by atoms with E-state index in [1.165, 1.54) is 11.3 Å². The summed E-state index contributed by atoms with van der Waals surface area (Å²) in [5.41, 5.74) is 5.52. The number of thiazole rings is 1. The second-order valence-electron chi connectivity index (χ2n) is 10.5. The van der Waals surface area contributed by atoms with Crippen LogP contribution >= 0.6 is 22.9 Å². The van der Waals surface area contributed by atoms with Crippen molar-refractivity contribution < 1.29 is 14.3 Å². The summed E-state index contributed by atoms with van der Waals surface area (Å²) < 4.78 is 15.8. The first-order valence-electron chi connectivity index (χ1n) is 14.6. The van der Waals surface area contributed by atoms with Crippen molar-refractivity contribution in [1.29, 1.82) is 0 Å². The Balaban J connectivity index is 1.56. The predicted octanol–water partition coefficient (Wildman–Crippen LogP) is 6.16. The summed E-state index contributed by atoms with van der Waals surface area (Å²) in [6, 6.07) is 22.8. The zero-order valence-electron chi connectivity index (χ0n) is 25.0. The third-order valence-corrected chi connectivity index (χ3v) is 9.07. The molecule has 1 aliphatic heterocycles. The normalized spacial score (nSPS) is 14.9. The summed E-state index contributed by atoms with van der Waals surface area (Å²) in [4.78, 5) is 32.9. The fraction of sp³-hybridized carbons (Fsp3) is 0.229. The standard InChI is InChI=1S/C35H32ClN3O4S/c1-5-42-29-14-10-8-12-26(29)32-31(34(41)43-6-2)21(3)37-35-39(32)33(40)30(44-35)19-27-22(4)38(28-13-9-7-11-25(27)28)20-23-15-17-24(36)18-16-23/h7-19,32H,5-6,20H2,1-4H3/b30-19-/t32-/m1/s1. The van der Waals surface area contributed by atoms with Gasteiger partial charge in [0.2, 0.25) is 0 Å². The molecule has 3 aromatic carbocycles. The maximum absolute atomic E-state index is 14.3. The number of hydrogen-bond donors (Lipinski definition) is 0. The van der Waals surface area contributed by atoms with Gasteiger partial charge in [-0.3, -0.25) is 9.36 Å². The van der Waals surface area contributed by atoms with E-state index in [4.69, 9.17) is 26.1 Å². The number of hydrogen-bond acceptors (Lipinski definition) is 6. The molecule has 224 valence electrons. The molecular weight excluding hydrogens is 594 g/mol. The minimum absolute atomic E-state index is 0.208. The first-order chi connectivity index (χ1) is 21.3. The lowest BCUT2D eigenvalue weighted by molar-refractivity contribution is -0.139. The molecule has 1 aliphatic rings. The minimum atomic E-state index is -0.748. The number of benzene rings is 3. The second-order valence-corrected chi connectivity index (χ2v) is 11.9. The van der Waals surface area contributed by atoms with Crippen molar-refractivity contribution in [2.45, 2.75) is 40.3 Å². The quantitative estimate of drug-likeness (QED) is 0.194. The molecule has 1 atom stereocenters. The van der Waals surface area contributed by atoms with E-state index in [1.807, 2.05) is 73.7 Å². The van der Waals surface area contributed by atoms with Crippen LogP contribution < -0.4 is 19.6 Å². The van der Waals surface area contributed by atoms with Crippen LogP contribution in [-0.2, 0) is 16.1 Å². The molecule has 0 saturated carbocycles. The molecule has 44 heavy (non-hydrogen) atoms. The molecule has 0 saturated heterocycles. The highest BCUT2D eigenvalue weighted by Crippen LogP contribution is 2.36. The van der Waals surface area contributed by atoms with Gasteiger partial charge in [0, 0.05) is 39.3 Å². The first-order valence-corrected chi connectivity index (χ1v) is 15.8. The smallest absolute Gasteiger partial charge is 0.338 e. The Kier molecular flexibility index (Phi) is 8.29. The molecule has 0 spiro atoms. The van der Waals surface area contributed by atoms with Crippen LogP contribution in [0.15, 0.2) is 93.9 Å². The summed E-state index contributed by atoms with van der Waals surface area (Å²) in [6.45, 7) is 8.83. The lowest BCUT2D eigenvalue weighted by atomic mass is 9.95. The van der Waals surface area contributed by atoms with Crippen molar-refractivity contribution in [2.24, 2.45) is 4.99 Å². The Labute approximate surface area is 264 Å². The third kappa shape index (κ3) is 5.29. The molecule has 0 unspecified atom stereocenters. The number of esters is 1. The van der Waals surface area contributed by atoms with Gasteiger partial charge in [0.05, 0.1) is 29.0 Å². The van der Waals surface area contributed by atoms with Crippen molar-refractivity contribution in [2.75, 3.05) is 13.2 Å². The van der Waals surface area contributed by atoms with E-state index >= 15 is 0 Å². The van der Waals surface area contributed by atoms with Crippen molar-refractivity contribution in [3.05, 3.63) is 131 Å².